The van der Waals surface area contributed by atoms with Gasteiger partial charge in [0.1, 0.15) is 11.6 Å². The Kier molecular flexibility index (Phi) is 3.11. The Morgan fingerprint density at radius 2 is 1.92 bits per heavy atom. The minimum Gasteiger partial charge on any atom is -0.377 e. The van der Waals surface area contributed by atoms with Crippen molar-refractivity contribution in [3.8, 4) is 0 Å². The van der Waals surface area contributed by atoms with Crippen molar-refractivity contribution >= 4 is 5.69 Å². The second-order valence-corrected chi connectivity index (χ2v) is 2.40. The van der Waals surface area contributed by atoms with Gasteiger partial charge in [-0.15, -0.1) is 0 Å². The topological polar surface area (TPSA) is 12.0 Å². The number of hydrogen-bond donors (Lipinski definition) is 1. The summed E-state index contributed by atoms with van der Waals surface area (Å²) in [5, 5.41) is 2.15. The molecular formula is C8H7F4N. The first kappa shape index (κ1) is 9.83. The molecule has 0 aliphatic heterocycles. The zero-order valence-electron chi connectivity index (χ0n) is 6.53. The average molecular weight is 193 g/mol. The van der Waals surface area contributed by atoms with Crippen LogP contribution in [0.1, 0.15) is 0 Å². The molecule has 1 rings (SSSR count). The van der Waals surface area contributed by atoms with Crippen LogP contribution in [0.3, 0.4) is 0 Å². The fourth-order valence-corrected chi connectivity index (χ4v) is 0.820. The number of rotatable bonds is 3. The van der Waals surface area contributed by atoms with Gasteiger partial charge >= 0.3 is 0 Å². The van der Waals surface area contributed by atoms with Gasteiger partial charge in [0.25, 0.3) is 6.43 Å². The highest BCUT2D eigenvalue weighted by Gasteiger charge is 2.06. The molecule has 72 valence electrons. The van der Waals surface area contributed by atoms with E-state index in [1.165, 1.54) is 0 Å². The quantitative estimate of drug-likeness (QED) is 0.727. The summed E-state index contributed by atoms with van der Waals surface area (Å²) in [5.74, 6) is -1.61. The van der Waals surface area contributed by atoms with Crippen LogP contribution < -0.4 is 5.32 Å². The molecule has 0 aliphatic carbocycles. The largest absolute Gasteiger partial charge is 0.377 e. The normalized spacial score (nSPS) is 10.5. The van der Waals surface area contributed by atoms with E-state index in [0.717, 1.165) is 12.1 Å². The maximum atomic E-state index is 12.8. The van der Waals surface area contributed by atoms with Crippen molar-refractivity contribution in [1.29, 1.82) is 0 Å². The van der Waals surface area contributed by atoms with Crippen LogP contribution in [0.5, 0.6) is 0 Å². The van der Waals surface area contributed by atoms with E-state index in [-0.39, 0.29) is 5.69 Å². The lowest BCUT2D eigenvalue weighted by atomic mass is 10.3. The van der Waals surface area contributed by atoms with Gasteiger partial charge in [-0.2, -0.15) is 0 Å². The fourth-order valence-electron chi connectivity index (χ4n) is 0.820. The molecule has 0 atom stereocenters. The summed E-state index contributed by atoms with van der Waals surface area (Å²) in [7, 11) is 0. The Morgan fingerprint density at radius 1 is 1.23 bits per heavy atom. The number of alkyl halides is 2. The lowest BCUT2D eigenvalue weighted by molar-refractivity contribution is 0.163. The van der Waals surface area contributed by atoms with Crippen LogP contribution in [-0.2, 0) is 0 Å². The van der Waals surface area contributed by atoms with Crippen molar-refractivity contribution in [3.05, 3.63) is 29.8 Å². The van der Waals surface area contributed by atoms with Crippen LogP contribution >= 0.6 is 0 Å². The molecule has 0 aromatic heterocycles. The average Bonchev–Trinajstić information content (AvgIpc) is 2.02. The van der Waals surface area contributed by atoms with Crippen LogP contribution in [0.2, 0.25) is 0 Å². The molecule has 5 heteroatoms. The molecule has 0 fully saturated rings. The third-order valence-electron chi connectivity index (χ3n) is 1.38. The van der Waals surface area contributed by atoms with E-state index in [1.807, 2.05) is 0 Å². The van der Waals surface area contributed by atoms with E-state index in [9.17, 15) is 17.6 Å². The Hall–Kier alpha value is -1.26. The lowest BCUT2D eigenvalue weighted by Crippen LogP contribution is -2.11. The van der Waals surface area contributed by atoms with Crippen LogP contribution in [0.25, 0.3) is 0 Å². The summed E-state index contributed by atoms with van der Waals surface area (Å²) in [4.78, 5) is 0. The summed E-state index contributed by atoms with van der Waals surface area (Å²) in [5.41, 5.74) is -0.123. The molecule has 0 amide bonds. The van der Waals surface area contributed by atoms with Crippen molar-refractivity contribution in [2.24, 2.45) is 0 Å². The molecular weight excluding hydrogens is 186 g/mol. The van der Waals surface area contributed by atoms with Crippen molar-refractivity contribution in [3.63, 3.8) is 0 Å². The Labute approximate surface area is 72.4 Å². The van der Waals surface area contributed by atoms with Gasteiger partial charge < -0.3 is 5.32 Å². The maximum absolute atomic E-state index is 12.8. The Bertz CT molecular complexity index is 287. The summed E-state index contributed by atoms with van der Waals surface area (Å²) in [6, 6.07) is 2.71. The molecule has 1 aromatic rings. The molecule has 0 heterocycles. The van der Waals surface area contributed by atoms with E-state index in [4.69, 9.17) is 0 Å². The van der Waals surface area contributed by atoms with E-state index in [0.29, 0.717) is 6.07 Å². The van der Waals surface area contributed by atoms with Gasteiger partial charge in [0.05, 0.1) is 12.2 Å². The minimum atomic E-state index is -2.57. The zero-order valence-corrected chi connectivity index (χ0v) is 6.53. The van der Waals surface area contributed by atoms with Crippen LogP contribution in [0.15, 0.2) is 18.2 Å². The minimum absolute atomic E-state index is 0.123. The second kappa shape index (κ2) is 4.11. The van der Waals surface area contributed by atoms with E-state index >= 15 is 0 Å². The predicted octanol–water partition coefficient (Wildman–Crippen LogP) is 2.64. The molecule has 0 unspecified atom stereocenters. The monoisotopic (exact) mass is 193 g/mol. The highest BCUT2D eigenvalue weighted by atomic mass is 19.3. The standard InChI is InChI=1S/C8H7F4N/c9-5-1-2-7(6(10)3-5)13-4-8(11)12/h1-3,8,13H,4H2. The fraction of sp³-hybridized carbons (Fsp3) is 0.250. The van der Waals surface area contributed by atoms with Gasteiger partial charge in [-0.1, -0.05) is 0 Å². The molecule has 1 nitrogen and oxygen atoms in total. The summed E-state index contributed by atoms with van der Waals surface area (Å²) in [6.45, 7) is -0.650. The van der Waals surface area contributed by atoms with E-state index < -0.39 is 24.6 Å². The number of anilines is 1. The van der Waals surface area contributed by atoms with Gasteiger partial charge in [-0.3, -0.25) is 0 Å². The van der Waals surface area contributed by atoms with Crippen molar-refractivity contribution in [1.82, 2.24) is 0 Å². The molecule has 0 aliphatic rings. The maximum Gasteiger partial charge on any atom is 0.255 e. The molecule has 0 saturated carbocycles. The van der Waals surface area contributed by atoms with Crippen LogP contribution in [0, 0.1) is 11.6 Å². The third kappa shape index (κ3) is 2.93. The number of hydrogen-bond acceptors (Lipinski definition) is 1. The molecule has 1 aromatic carbocycles. The molecule has 1 N–H and O–H groups in total. The van der Waals surface area contributed by atoms with E-state index in [2.05, 4.69) is 5.32 Å². The van der Waals surface area contributed by atoms with Gasteiger partial charge in [-0.25, -0.2) is 17.6 Å². The number of nitrogens with one attached hydrogen (secondary N) is 1. The number of halogens is 4. The van der Waals surface area contributed by atoms with Gasteiger partial charge in [-0.05, 0) is 12.1 Å². The molecule has 0 bridgehead atoms. The van der Waals surface area contributed by atoms with Crippen molar-refractivity contribution in [2.45, 2.75) is 6.43 Å². The highest BCUT2D eigenvalue weighted by Crippen LogP contribution is 2.14. The first-order valence-corrected chi connectivity index (χ1v) is 3.56. The summed E-state index contributed by atoms with van der Waals surface area (Å²) in [6.07, 6.45) is -2.57. The summed E-state index contributed by atoms with van der Waals surface area (Å²) >= 11 is 0. The van der Waals surface area contributed by atoms with Crippen LogP contribution in [-0.4, -0.2) is 13.0 Å². The van der Waals surface area contributed by atoms with Gasteiger partial charge in [0, 0.05) is 6.07 Å². The van der Waals surface area contributed by atoms with E-state index in [1.54, 1.807) is 0 Å². The molecule has 0 radical (unpaired) electrons. The molecule has 0 spiro atoms. The van der Waals surface area contributed by atoms with Gasteiger partial charge in [0.15, 0.2) is 0 Å². The first-order chi connectivity index (χ1) is 6.09. The number of benzene rings is 1. The highest BCUT2D eigenvalue weighted by molar-refractivity contribution is 5.44. The second-order valence-electron chi connectivity index (χ2n) is 2.40. The van der Waals surface area contributed by atoms with Crippen molar-refractivity contribution < 1.29 is 17.6 Å². The van der Waals surface area contributed by atoms with Gasteiger partial charge in [0.2, 0.25) is 0 Å². The lowest BCUT2D eigenvalue weighted by Gasteiger charge is -2.05. The Balaban J connectivity index is 2.67. The molecule has 13 heavy (non-hydrogen) atoms. The smallest absolute Gasteiger partial charge is 0.255 e. The Morgan fingerprint density at radius 3 is 2.46 bits per heavy atom. The first-order valence-electron chi connectivity index (χ1n) is 3.56. The predicted molar refractivity (Wildman–Crippen MR) is 40.9 cm³/mol. The SMILES string of the molecule is Fc1ccc(NCC(F)F)c(F)c1. The third-order valence-corrected chi connectivity index (χ3v) is 1.38. The van der Waals surface area contributed by atoms with Crippen LogP contribution in [0.4, 0.5) is 23.2 Å². The molecule has 0 saturated heterocycles. The van der Waals surface area contributed by atoms with Crippen molar-refractivity contribution in [2.75, 3.05) is 11.9 Å². The summed E-state index contributed by atoms with van der Waals surface area (Å²) < 4.78 is 48.4. The zero-order chi connectivity index (χ0) is 9.84.